The van der Waals surface area contributed by atoms with Gasteiger partial charge in [0, 0.05) is 28.8 Å². The lowest BCUT2D eigenvalue weighted by molar-refractivity contribution is 0.103. The molecule has 6 nitrogen and oxygen atoms in total. The number of anilines is 1. The highest BCUT2D eigenvalue weighted by atomic mass is 35.5. The van der Waals surface area contributed by atoms with Crippen molar-refractivity contribution in [3.63, 3.8) is 0 Å². The van der Waals surface area contributed by atoms with Crippen molar-refractivity contribution in [3.8, 4) is 11.3 Å². The molecule has 0 aliphatic rings. The standard InChI is InChI=1S/C23H18ClN3O3S/c1-14-4-3-5-21(26-14)23(28)19-12-17(24)8-11-20(19)27-31(29)18-9-6-16(7-10-18)22-13-25-15(2)30-22/h3-13,27H,1-2H3. The Kier molecular flexibility index (Phi) is 5.97. The van der Waals surface area contributed by atoms with Gasteiger partial charge in [-0.3, -0.25) is 4.79 Å². The zero-order valence-electron chi connectivity index (χ0n) is 16.8. The summed E-state index contributed by atoms with van der Waals surface area (Å²) in [5, 5.41) is 0.402. The van der Waals surface area contributed by atoms with Gasteiger partial charge in [0.1, 0.15) is 16.7 Å². The van der Waals surface area contributed by atoms with E-state index >= 15 is 0 Å². The zero-order valence-corrected chi connectivity index (χ0v) is 18.3. The predicted octanol–water partition coefficient (Wildman–Crippen LogP) is 5.37. The first kappa shape index (κ1) is 21.0. The molecule has 0 amide bonds. The molecule has 2 aromatic heterocycles. The fraction of sp³-hybridized carbons (Fsp3) is 0.0870. The lowest BCUT2D eigenvalue weighted by Gasteiger charge is -2.12. The van der Waals surface area contributed by atoms with Gasteiger partial charge in [-0.25, -0.2) is 14.2 Å². The Morgan fingerprint density at radius 2 is 1.84 bits per heavy atom. The number of carbonyl (C=O) groups is 1. The summed E-state index contributed by atoms with van der Waals surface area (Å²) in [6.07, 6.45) is 1.64. The molecule has 1 unspecified atom stereocenters. The van der Waals surface area contributed by atoms with Crippen LogP contribution in [0.15, 0.2) is 76.2 Å². The summed E-state index contributed by atoms with van der Waals surface area (Å²) in [7, 11) is -1.60. The van der Waals surface area contributed by atoms with Crippen molar-refractivity contribution in [2.75, 3.05) is 4.72 Å². The maximum absolute atomic E-state index is 13.0. The summed E-state index contributed by atoms with van der Waals surface area (Å²) in [5.74, 6) is 0.910. The smallest absolute Gasteiger partial charge is 0.213 e. The number of ketones is 1. The summed E-state index contributed by atoms with van der Waals surface area (Å²) >= 11 is 6.12. The van der Waals surface area contributed by atoms with E-state index in [2.05, 4.69) is 14.7 Å². The molecule has 8 heteroatoms. The number of oxazole rings is 1. The van der Waals surface area contributed by atoms with Gasteiger partial charge in [0.2, 0.25) is 5.78 Å². The highest BCUT2D eigenvalue weighted by Crippen LogP contribution is 2.26. The lowest BCUT2D eigenvalue weighted by atomic mass is 10.1. The fourth-order valence-electron chi connectivity index (χ4n) is 3.00. The number of pyridine rings is 1. The first-order valence-corrected chi connectivity index (χ1v) is 10.9. The van der Waals surface area contributed by atoms with E-state index < -0.39 is 11.0 Å². The third-order valence-electron chi connectivity index (χ3n) is 4.52. The van der Waals surface area contributed by atoms with Gasteiger partial charge in [0.05, 0.1) is 16.8 Å². The van der Waals surface area contributed by atoms with Crippen LogP contribution in [0.1, 0.15) is 27.6 Å². The Bertz CT molecular complexity index is 1290. The normalized spacial score (nSPS) is 11.8. The second kappa shape index (κ2) is 8.83. The molecule has 0 bridgehead atoms. The lowest BCUT2D eigenvalue weighted by Crippen LogP contribution is -2.12. The maximum atomic E-state index is 13.0. The van der Waals surface area contributed by atoms with E-state index in [0.29, 0.717) is 38.5 Å². The molecule has 2 heterocycles. The van der Waals surface area contributed by atoms with E-state index in [9.17, 15) is 9.00 Å². The number of benzene rings is 2. The molecule has 0 saturated carbocycles. The van der Waals surface area contributed by atoms with Crippen LogP contribution in [0.3, 0.4) is 0 Å². The van der Waals surface area contributed by atoms with E-state index in [1.807, 2.05) is 13.0 Å². The molecular weight excluding hydrogens is 434 g/mol. The second-order valence-corrected chi connectivity index (χ2v) is 8.47. The number of halogens is 1. The van der Waals surface area contributed by atoms with Crippen molar-refractivity contribution in [1.29, 1.82) is 0 Å². The fourth-order valence-corrected chi connectivity index (χ4v) is 4.05. The molecular formula is C23H18ClN3O3S. The Morgan fingerprint density at radius 1 is 1.06 bits per heavy atom. The number of hydrogen-bond acceptors (Lipinski definition) is 5. The van der Waals surface area contributed by atoms with E-state index in [0.717, 1.165) is 11.3 Å². The molecule has 0 aliphatic carbocycles. The average molecular weight is 452 g/mol. The molecule has 4 rings (SSSR count). The predicted molar refractivity (Wildman–Crippen MR) is 121 cm³/mol. The largest absolute Gasteiger partial charge is 0.441 e. The van der Waals surface area contributed by atoms with E-state index in [4.69, 9.17) is 16.0 Å². The van der Waals surface area contributed by atoms with Gasteiger partial charge in [-0.1, -0.05) is 17.7 Å². The zero-order chi connectivity index (χ0) is 22.0. The van der Waals surface area contributed by atoms with Gasteiger partial charge in [-0.15, -0.1) is 0 Å². The molecule has 0 fully saturated rings. The molecule has 0 saturated heterocycles. The first-order valence-electron chi connectivity index (χ1n) is 9.40. The van der Waals surface area contributed by atoms with Crippen LogP contribution in [0.5, 0.6) is 0 Å². The van der Waals surface area contributed by atoms with Crippen molar-refractivity contribution >= 4 is 34.1 Å². The number of hydrogen-bond donors (Lipinski definition) is 1. The van der Waals surface area contributed by atoms with Crippen molar-refractivity contribution in [2.45, 2.75) is 18.7 Å². The summed E-state index contributed by atoms with van der Waals surface area (Å²) in [6, 6.07) is 17.1. The molecule has 2 aromatic carbocycles. The van der Waals surface area contributed by atoms with Gasteiger partial charge in [-0.05, 0) is 61.5 Å². The monoisotopic (exact) mass is 451 g/mol. The van der Waals surface area contributed by atoms with Crippen LogP contribution in [0.4, 0.5) is 5.69 Å². The molecule has 0 aliphatic heterocycles. The van der Waals surface area contributed by atoms with E-state index in [-0.39, 0.29) is 5.78 Å². The SMILES string of the molecule is Cc1cccc(C(=O)c2cc(Cl)ccc2NS(=O)c2ccc(-c3cnc(C)o3)cc2)n1. The number of aryl methyl sites for hydroxylation is 2. The number of aromatic nitrogens is 2. The van der Waals surface area contributed by atoms with E-state index in [1.165, 1.54) is 0 Å². The first-order chi connectivity index (χ1) is 14.9. The number of nitrogens with one attached hydrogen (secondary N) is 1. The third kappa shape index (κ3) is 4.73. The second-order valence-electron chi connectivity index (χ2n) is 6.82. The van der Waals surface area contributed by atoms with Gasteiger partial charge in [0.25, 0.3) is 0 Å². The van der Waals surface area contributed by atoms with Gasteiger partial charge in [0.15, 0.2) is 11.7 Å². The Morgan fingerprint density at radius 3 is 2.52 bits per heavy atom. The van der Waals surface area contributed by atoms with Crippen LogP contribution in [0, 0.1) is 13.8 Å². The molecule has 1 atom stereocenters. The molecule has 0 radical (unpaired) electrons. The molecule has 4 aromatic rings. The molecule has 1 N–H and O–H groups in total. The van der Waals surface area contributed by atoms with Crippen molar-refractivity contribution in [1.82, 2.24) is 9.97 Å². The minimum absolute atomic E-state index is 0.294. The van der Waals surface area contributed by atoms with Crippen LogP contribution >= 0.6 is 11.6 Å². The number of carbonyl (C=O) groups excluding carboxylic acids is 1. The average Bonchev–Trinajstić information content (AvgIpc) is 3.21. The van der Waals surface area contributed by atoms with Crippen molar-refractivity contribution < 1.29 is 13.4 Å². The summed E-state index contributed by atoms with van der Waals surface area (Å²) in [5.41, 5.74) is 2.56. The summed E-state index contributed by atoms with van der Waals surface area (Å²) < 4.78 is 21.3. The van der Waals surface area contributed by atoms with Gasteiger partial charge in [-0.2, -0.15) is 0 Å². The quantitative estimate of drug-likeness (QED) is 0.398. The van der Waals surface area contributed by atoms with Crippen LogP contribution in [-0.4, -0.2) is 20.0 Å². The minimum atomic E-state index is -1.60. The van der Waals surface area contributed by atoms with Crippen LogP contribution < -0.4 is 4.72 Å². The van der Waals surface area contributed by atoms with E-state index in [1.54, 1.807) is 67.7 Å². The topological polar surface area (TPSA) is 85.1 Å². The van der Waals surface area contributed by atoms with Crippen LogP contribution in [0.2, 0.25) is 5.02 Å². The maximum Gasteiger partial charge on any atom is 0.213 e. The number of nitrogens with zero attached hydrogens (tertiary/aromatic N) is 2. The Balaban J connectivity index is 1.59. The molecule has 31 heavy (non-hydrogen) atoms. The van der Waals surface area contributed by atoms with Crippen molar-refractivity contribution in [2.24, 2.45) is 0 Å². The van der Waals surface area contributed by atoms with Crippen LogP contribution in [-0.2, 0) is 11.0 Å². The summed E-state index contributed by atoms with van der Waals surface area (Å²) in [4.78, 5) is 21.9. The van der Waals surface area contributed by atoms with Gasteiger partial charge < -0.3 is 9.14 Å². The van der Waals surface area contributed by atoms with Crippen molar-refractivity contribution in [3.05, 3.63) is 94.7 Å². The highest BCUT2D eigenvalue weighted by molar-refractivity contribution is 7.86. The Labute approximate surface area is 186 Å². The Hall–Kier alpha value is -3.29. The minimum Gasteiger partial charge on any atom is -0.441 e. The highest BCUT2D eigenvalue weighted by Gasteiger charge is 2.18. The third-order valence-corrected chi connectivity index (χ3v) is 5.86. The molecule has 156 valence electrons. The van der Waals surface area contributed by atoms with Crippen LogP contribution in [0.25, 0.3) is 11.3 Å². The number of rotatable bonds is 6. The summed E-state index contributed by atoms with van der Waals surface area (Å²) in [6.45, 7) is 3.58. The van der Waals surface area contributed by atoms with Gasteiger partial charge >= 0.3 is 0 Å². The molecule has 0 spiro atoms.